The van der Waals surface area contributed by atoms with Gasteiger partial charge in [-0.3, -0.25) is 14.3 Å². The summed E-state index contributed by atoms with van der Waals surface area (Å²) in [5.74, 6) is -0.0133. The Morgan fingerprint density at radius 1 is 1.50 bits per heavy atom. The van der Waals surface area contributed by atoms with Gasteiger partial charge in [0.1, 0.15) is 12.4 Å². The van der Waals surface area contributed by atoms with Crippen LogP contribution in [0.5, 0.6) is 0 Å². The van der Waals surface area contributed by atoms with Crippen molar-refractivity contribution in [1.82, 2.24) is 14.7 Å². The molecule has 1 aromatic rings. The summed E-state index contributed by atoms with van der Waals surface area (Å²) >= 11 is 0. The van der Waals surface area contributed by atoms with Gasteiger partial charge in [-0.1, -0.05) is 0 Å². The number of hydrogen-bond donors (Lipinski definition) is 1. The van der Waals surface area contributed by atoms with Crippen LogP contribution in [-0.4, -0.2) is 47.3 Å². The molecule has 0 aromatic carbocycles. The lowest BCUT2D eigenvalue weighted by Crippen LogP contribution is -2.22. The third-order valence-corrected chi connectivity index (χ3v) is 2.25. The lowest BCUT2D eigenvalue weighted by Gasteiger charge is -2.09. The summed E-state index contributed by atoms with van der Waals surface area (Å²) in [7, 11) is 3.38. The SMILES string of the molecule is CN(C)C(=O)CCCOC(=O)Cn1ccc(N)n1. The number of esters is 1. The van der Waals surface area contributed by atoms with Gasteiger partial charge in [0, 0.05) is 26.7 Å². The topological polar surface area (TPSA) is 90.5 Å². The zero-order chi connectivity index (χ0) is 13.5. The van der Waals surface area contributed by atoms with E-state index in [2.05, 4.69) is 5.10 Å². The second kappa shape index (κ2) is 6.63. The first-order valence-corrected chi connectivity index (χ1v) is 5.63. The normalized spacial score (nSPS) is 10.1. The van der Waals surface area contributed by atoms with Crippen molar-refractivity contribution in [2.75, 3.05) is 26.4 Å². The lowest BCUT2D eigenvalue weighted by atomic mass is 10.3. The van der Waals surface area contributed by atoms with E-state index in [-0.39, 0.29) is 19.1 Å². The molecule has 0 bridgehead atoms. The van der Waals surface area contributed by atoms with Gasteiger partial charge in [0.2, 0.25) is 5.91 Å². The highest BCUT2D eigenvalue weighted by Gasteiger charge is 2.07. The van der Waals surface area contributed by atoms with Gasteiger partial charge >= 0.3 is 5.97 Å². The Morgan fingerprint density at radius 2 is 2.22 bits per heavy atom. The number of carbonyl (C=O) groups is 2. The van der Waals surface area contributed by atoms with E-state index in [1.54, 1.807) is 26.4 Å². The standard InChI is InChI=1S/C11H18N4O3/c1-14(2)10(16)4-3-7-18-11(17)8-15-6-5-9(12)13-15/h5-6H,3-4,7-8H2,1-2H3,(H2,12,13). The van der Waals surface area contributed by atoms with Crippen molar-refractivity contribution in [3.8, 4) is 0 Å². The van der Waals surface area contributed by atoms with Gasteiger partial charge in [0.25, 0.3) is 0 Å². The first kappa shape index (κ1) is 14.0. The molecule has 18 heavy (non-hydrogen) atoms. The van der Waals surface area contributed by atoms with E-state index >= 15 is 0 Å². The highest BCUT2D eigenvalue weighted by atomic mass is 16.5. The summed E-state index contributed by atoms with van der Waals surface area (Å²) in [6, 6.07) is 1.60. The van der Waals surface area contributed by atoms with Crippen molar-refractivity contribution in [1.29, 1.82) is 0 Å². The molecule has 0 saturated heterocycles. The summed E-state index contributed by atoms with van der Waals surface area (Å²) in [6.45, 7) is 0.258. The zero-order valence-electron chi connectivity index (χ0n) is 10.6. The van der Waals surface area contributed by atoms with Crippen LogP contribution in [0.1, 0.15) is 12.8 Å². The second-order valence-corrected chi connectivity index (χ2v) is 4.05. The molecular weight excluding hydrogens is 236 g/mol. The fourth-order valence-corrected chi connectivity index (χ4v) is 1.28. The van der Waals surface area contributed by atoms with Gasteiger partial charge in [0.05, 0.1) is 6.61 Å². The third-order valence-electron chi connectivity index (χ3n) is 2.25. The molecule has 7 heteroatoms. The Hall–Kier alpha value is -2.05. The molecule has 100 valence electrons. The van der Waals surface area contributed by atoms with E-state index in [4.69, 9.17) is 10.5 Å². The van der Waals surface area contributed by atoms with Crippen molar-refractivity contribution in [3.63, 3.8) is 0 Å². The van der Waals surface area contributed by atoms with E-state index in [0.717, 1.165) is 0 Å². The number of nitrogens with zero attached hydrogens (tertiary/aromatic N) is 3. The molecule has 0 spiro atoms. The van der Waals surface area contributed by atoms with E-state index in [1.807, 2.05) is 0 Å². The molecule has 7 nitrogen and oxygen atoms in total. The Morgan fingerprint density at radius 3 is 2.78 bits per heavy atom. The molecule has 0 aliphatic rings. The predicted molar refractivity (Wildman–Crippen MR) is 65.5 cm³/mol. The van der Waals surface area contributed by atoms with Gasteiger partial charge in [-0.2, -0.15) is 5.10 Å². The molecule has 0 unspecified atom stereocenters. The minimum Gasteiger partial charge on any atom is -0.464 e. The van der Waals surface area contributed by atoms with Gasteiger partial charge in [-0.25, -0.2) is 0 Å². The lowest BCUT2D eigenvalue weighted by molar-refractivity contribution is -0.145. The van der Waals surface area contributed by atoms with Crippen LogP contribution in [-0.2, 0) is 20.9 Å². The molecule has 0 radical (unpaired) electrons. The van der Waals surface area contributed by atoms with Crippen LogP contribution in [0.15, 0.2) is 12.3 Å². The summed E-state index contributed by atoms with van der Waals surface area (Å²) < 4.78 is 6.38. The van der Waals surface area contributed by atoms with Crippen molar-refractivity contribution >= 4 is 17.7 Å². The van der Waals surface area contributed by atoms with Gasteiger partial charge in [-0.15, -0.1) is 0 Å². The number of aromatic nitrogens is 2. The second-order valence-electron chi connectivity index (χ2n) is 4.05. The highest BCUT2D eigenvalue weighted by molar-refractivity contribution is 5.75. The Kier molecular flexibility index (Phi) is 5.16. The Balaban J connectivity index is 2.16. The number of hydrogen-bond acceptors (Lipinski definition) is 5. The molecule has 1 amide bonds. The molecule has 1 heterocycles. The molecule has 1 rings (SSSR count). The largest absolute Gasteiger partial charge is 0.464 e. The van der Waals surface area contributed by atoms with Crippen LogP contribution >= 0.6 is 0 Å². The minimum absolute atomic E-state index is 0.0194. The van der Waals surface area contributed by atoms with Crippen LogP contribution in [0.4, 0.5) is 5.82 Å². The molecule has 0 fully saturated rings. The molecular formula is C11H18N4O3. The highest BCUT2D eigenvalue weighted by Crippen LogP contribution is 1.98. The van der Waals surface area contributed by atoms with Crippen molar-refractivity contribution in [2.45, 2.75) is 19.4 Å². The molecule has 0 aliphatic carbocycles. The monoisotopic (exact) mass is 254 g/mol. The molecule has 0 saturated carbocycles. The number of nitrogen functional groups attached to an aromatic ring is 1. The van der Waals surface area contributed by atoms with Crippen LogP contribution in [0.2, 0.25) is 0 Å². The summed E-state index contributed by atoms with van der Waals surface area (Å²) in [5.41, 5.74) is 5.41. The average molecular weight is 254 g/mol. The molecule has 2 N–H and O–H groups in total. The minimum atomic E-state index is -0.393. The number of nitrogens with two attached hydrogens (primary N) is 1. The Labute approximate surface area is 105 Å². The average Bonchev–Trinajstić information content (AvgIpc) is 2.69. The maximum absolute atomic E-state index is 11.4. The Bertz CT molecular complexity index is 414. The number of rotatable bonds is 6. The van der Waals surface area contributed by atoms with Crippen LogP contribution in [0.25, 0.3) is 0 Å². The van der Waals surface area contributed by atoms with Gasteiger partial charge in [0.15, 0.2) is 0 Å². The van der Waals surface area contributed by atoms with E-state index in [0.29, 0.717) is 18.7 Å². The number of amides is 1. The number of carbonyl (C=O) groups excluding carboxylic acids is 2. The van der Waals surface area contributed by atoms with E-state index in [9.17, 15) is 9.59 Å². The molecule has 0 atom stereocenters. The number of anilines is 1. The predicted octanol–water partition coefficient (Wildman–Crippen LogP) is -0.123. The van der Waals surface area contributed by atoms with Crippen LogP contribution in [0.3, 0.4) is 0 Å². The van der Waals surface area contributed by atoms with Gasteiger partial charge < -0.3 is 15.4 Å². The molecule has 1 aromatic heterocycles. The third kappa shape index (κ3) is 4.86. The quantitative estimate of drug-likeness (QED) is 0.564. The van der Waals surface area contributed by atoms with Crippen LogP contribution < -0.4 is 5.73 Å². The maximum Gasteiger partial charge on any atom is 0.327 e. The summed E-state index contributed by atoms with van der Waals surface area (Å²) in [6.07, 6.45) is 2.49. The fourth-order valence-electron chi connectivity index (χ4n) is 1.28. The van der Waals surface area contributed by atoms with Crippen molar-refractivity contribution < 1.29 is 14.3 Å². The summed E-state index contributed by atoms with van der Waals surface area (Å²) in [4.78, 5) is 24.1. The van der Waals surface area contributed by atoms with Crippen molar-refractivity contribution in [3.05, 3.63) is 12.3 Å². The van der Waals surface area contributed by atoms with Gasteiger partial charge in [-0.05, 0) is 12.5 Å². The fraction of sp³-hybridized carbons (Fsp3) is 0.545. The summed E-state index contributed by atoms with van der Waals surface area (Å²) in [5, 5.41) is 3.86. The van der Waals surface area contributed by atoms with E-state index in [1.165, 1.54) is 9.58 Å². The zero-order valence-corrected chi connectivity index (χ0v) is 10.6. The first-order chi connectivity index (χ1) is 8.49. The van der Waals surface area contributed by atoms with Crippen LogP contribution in [0, 0.1) is 0 Å². The van der Waals surface area contributed by atoms with E-state index < -0.39 is 5.97 Å². The molecule has 0 aliphatic heterocycles. The maximum atomic E-state index is 11.4. The first-order valence-electron chi connectivity index (χ1n) is 5.63. The smallest absolute Gasteiger partial charge is 0.327 e. The number of ether oxygens (including phenoxy) is 1. The van der Waals surface area contributed by atoms with Crippen molar-refractivity contribution in [2.24, 2.45) is 0 Å².